The van der Waals surface area contributed by atoms with Gasteiger partial charge in [0.25, 0.3) is 0 Å². The number of ether oxygens (including phenoxy) is 1. The molecule has 0 saturated heterocycles. The van der Waals surface area contributed by atoms with Gasteiger partial charge in [0.2, 0.25) is 5.95 Å². The first-order valence-electron chi connectivity index (χ1n) is 9.56. The van der Waals surface area contributed by atoms with E-state index in [2.05, 4.69) is 20.3 Å². The van der Waals surface area contributed by atoms with Crippen LogP contribution in [0.4, 0.5) is 11.6 Å². The summed E-state index contributed by atoms with van der Waals surface area (Å²) in [5.41, 5.74) is 3.45. The lowest BCUT2D eigenvalue weighted by Gasteiger charge is -2.06. The van der Waals surface area contributed by atoms with Gasteiger partial charge in [-0.25, -0.2) is 4.98 Å². The van der Waals surface area contributed by atoms with E-state index in [9.17, 15) is 9.59 Å². The Kier molecular flexibility index (Phi) is 5.26. The zero-order chi connectivity index (χ0) is 21.1. The third-order valence-corrected chi connectivity index (χ3v) is 4.58. The zero-order valence-corrected chi connectivity index (χ0v) is 16.6. The Bertz CT molecular complexity index is 1230. The Hall–Kier alpha value is -4.00. The van der Waals surface area contributed by atoms with Gasteiger partial charge in [-0.1, -0.05) is 6.92 Å². The molecule has 0 amide bonds. The number of H-pyrrole nitrogens is 1. The molecule has 0 unspecified atom stereocenters. The van der Waals surface area contributed by atoms with E-state index < -0.39 is 0 Å². The molecular formula is C23H20N4O3. The molecule has 2 aromatic carbocycles. The summed E-state index contributed by atoms with van der Waals surface area (Å²) < 4.78 is 5.89. The number of aromatic amines is 1. The second-order valence-corrected chi connectivity index (χ2v) is 6.78. The molecule has 0 atom stereocenters. The summed E-state index contributed by atoms with van der Waals surface area (Å²) in [5, 5.41) is 3.19. The third-order valence-electron chi connectivity index (χ3n) is 4.58. The highest BCUT2D eigenvalue weighted by Gasteiger charge is 2.09. The molecule has 0 fully saturated rings. The van der Waals surface area contributed by atoms with Crippen molar-refractivity contribution in [1.29, 1.82) is 0 Å². The van der Waals surface area contributed by atoms with Crippen LogP contribution in [0.25, 0.3) is 11.0 Å². The Balaban J connectivity index is 1.52. The molecule has 4 rings (SSSR count). The van der Waals surface area contributed by atoms with Crippen LogP contribution >= 0.6 is 0 Å². The van der Waals surface area contributed by atoms with Crippen molar-refractivity contribution in [2.75, 3.05) is 5.32 Å². The molecule has 7 nitrogen and oxygen atoms in total. The number of hydrogen-bond donors (Lipinski definition) is 2. The first-order valence-corrected chi connectivity index (χ1v) is 9.56. The fourth-order valence-electron chi connectivity index (χ4n) is 2.98. The number of nitrogens with one attached hydrogen (secondary N) is 2. The predicted octanol–water partition coefficient (Wildman–Crippen LogP) is 5.29. The summed E-state index contributed by atoms with van der Waals surface area (Å²) in [6.07, 6.45) is 1.95. The standard InChI is InChI=1S/C23H20N4O3/c1-3-22(29)21-13-18(10-11-24-21)30-17-8-9-19-20(12-17)27-23(26-19)25-16-6-4-15(5-7-16)14(2)28/h4-13H,3H2,1-2H3,(H2,25,26,27). The quantitative estimate of drug-likeness (QED) is 0.409. The summed E-state index contributed by atoms with van der Waals surface area (Å²) in [6.45, 7) is 3.34. The molecule has 0 aliphatic rings. The van der Waals surface area contributed by atoms with Gasteiger partial charge in [0.05, 0.1) is 11.0 Å². The van der Waals surface area contributed by atoms with Crippen molar-refractivity contribution in [3.8, 4) is 11.5 Å². The van der Waals surface area contributed by atoms with Gasteiger partial charge in [0, 0.05) is 36.0 Å². The summed E-state index contributed by atoms with van der Waals surface area (Å²) >= 11 is 0. The van der Waals surface area contributed by atoms with Crippen molar-refractivity contribution in [1.82, 2.24) is 15.0 Å². The summed E-state index contributed by atoms with van der Waals surface area (Å²) in [7, 11) is 0. The lowest BCUT2D eigenvalue weighted by molar-refractivity contribution is 0.0981. The lowest BCUT2D eigenvalue weighted by Crippen LogP contribution is -2.00. The average Bonchev–Trinajstić information content (AvgIpc) is 3.15. The number of carbonyl (C=O) groups is 2. The number of rotatable bonds is 7. The highest BCUT2D eigenvalue weighted by molar-refractivity contribution is 5.94. The van der Waals surface area contributed by atoms with E-state index in [4.69, 9.17) is 4.74 Å². The average molecular weight is 400 g/mol. The van der Waals surface area contributed by atoms with E-state index >= 15 is 0 Å². The summed E-state index contributed by atoms with van der Waals surface area (Å²) in [5.74, 6) is 1.74. The number of carbonyl (C=O) groups excluding carboxylic acids is 2. The highest BCUT2D eigenvalue weighted by Crippen LogP contribution is 2.26. The number of benzene rings is 2. The molecule has 2 aromatic heterocycles. The molecule has 4 aromatic rings. The molecule has 7 heteroatoms. The SMILES string of the molecule is CCC(=O)c1cc(Oc2ccc3nc(Nc4ccc(C(C)=O)cc4)[nH]c3c2)ccn1. The van der Waals surface area contributed by atoms with Gasteiger partial charge < -0.3 is 15.0 Å². The summed E-state index contributed by atoms with van der Waals surface area (Å²) in [4.78, 5) is 35.1. The van der Waals surface area contributed by atoms with Gasteiger partial charge in [-0.05, 0) is 49.4 Å². The third kappa shape index (κ3) is 4.20. The van der Waals surface area contributed by atoms with Crippen molar-refractivity contribution in [3.05, 3.63) is 72.1 Å². The van der Waals surface area contributed by atoms with Gasteiger partial charge in [0.1, 0.15) is 17.2 Å². The largest absolute Gasteiger partial charge is 0.457 e. The molecule has 0 saturated carbocycles. The van der Waals surface area contributed by atoms with E-state index in [0.717, 1.165) is 16.7 Å². The Labute approximate surface area is 173 Å². The van der Waals surface area contributed by atoms with E-state index in [1.807, 2.05) is 30.3 Å². The maximum absolute atomic E-state index is 11.8. The number of fused-ring (bicyclic) bond motifs is 1. The molecule has 2 N–H and O–H groups in total. The molecule has 30 heavy (non-hydrogen) atoms. The van der Waals surface area contributed by atoms with Gasteiger partial charge >= 0.3 is 0 Å². The summed E-state index contributed by atoms with van der Waals surface area (Å²) in [6, 6.07) is 16.1. The fourth-order valence-corrected chi connectivity index (χ4v) is 2.98. The Morgan fingerprint density at radius 2 is 1.80 bits per heavy atom. The van der Waals surface area contributed by atoms with Crippen LogP contribution in [0.2, 0.25) is 0 Å². The normalized spacial score (nSPS) is 10.7. The molecule has 2 heterocycles. The highest BCUT2D eigenvalue weighted by atomic mass is 16.5. The van der Waals surface area contributed by atoms with E-state index in [1.54, 1.807) is 37.4 Å². The minimum atomic E-state index is -0.0310. The van der Waals surface area contributed by atoms with Crippen molar-refractivity contribution < 1.29 is 14.3 Å². The number of anilines is 2. The minimum absolute atomic E-state index is 0.0261. The van der Waals surface area contributed by atoms with Crippen LogP contribution in [0, 0.1) is 0 Å². The number of ketones is 2. The molecular weight excluding hydrogens is 380 g/mol. The van der Waals surface area contributed by atoms with Crippen molar-refractivity contribution >= 4 is 34.2 Å². The number of aromatic nitrogens is 3. The fraction of sp³-hybridized carbons (Fsp3) is 0.130. The van der Waals surface area contributed by atoms with Crippen molar-refractivity contribution in [3.63, 3.8) is 0 Å². The maximum Gasteiger partial charge on any atom is 0.205 e. The number of pyridine rings is 1. The number of imidazole rings is 1. The van der Waals surface area contributed by atoms with Crippen molar-refractivity contribution in [2.24, 2.45) is 0 Å². The Morgan fingerprint density at radius 3 is 2.53 bits per heavy atom. The van der Waals surface area contributed by atoms with Crippen LogP contribution in [0.15, 0.2) is 60.8 Å². The van der Waals surface area contributed by atoms with Crippen LogP contribution in [0.5, 0.6) is 11.5 Å². The van der Waals surface area contributed by atoms with Crippen LogP contribution < -0.4 is 10.1 Å². The molecule has 0 bridgehead atoms. The lowest BCUT2D eigenvalue weighted by atomic mass is 10.1. The van der Waals surface area contributed by atoms with Crippen LogP contribution in [0.1, 0.15) is 41.1 Å². The molecule has 150 valence electrons. The monoisotopic (exact) mass is 400 g/mol. The van der Waals surface area contributed by atoms with E-state index in [1.165, 1.54) is 6.92 Å². The molecule has 0 aliphatic carbocycles. The Morgan fingerprint density at radius 1 is 1.03 bits per heavy atom. The van der Waals surface area contributed by atoms with Gasteiger partial charge in [-0.3, -0.25) is 14.6 Å². The van der Waals surface area contributed by atoms with Gasteiger partial charge in [-0.2, -0.15) is 0 Å². The number of Topliss-reactive ketones (excluding diaryl/α,β-unsaturated/α-hetero) is 2. The second kappa shape index (κ2) is 8.16. The van der Waals surface area contributed by atoms with E-state index in [-0.39, 0.29) is 11.6 Å². The predicted molar refractivity (Wildman–Crippen MR) is 115 cm³/mol. The molecule has 0 aliphatic heterocycles. The van der Waals surface area contributed by atoms with Crippen LogP contribution in [0.3, 0.4) is 0 Å². The number of hydrogen-bond acceptors (Lipinski definition) is 6. The first-order chi connectivity index (χ1) is 14.5. The minimum Gasteiger partial charge on any atom is -0.457 e. The van der Waals surface area contributed by atoms with Gasteiger partial charge in [-0.15, -0.1) is 0 Å². The van der Waals surface area contributed by atoms with Crippen LogP contribution in [-0.4, -0.2) is 26.5 Å². The number of nitrogens with zero attached hydrogens (tertiary/aromatic N) is 2. The van der Waals surface area contributed by atoms with E-state index in [0.29, 0.717) is 35.1 Å². The topological polar surface area (TPSA) is 97.0 Å². The van der Waals surface area contributed by atoms with Crippen LogP contribution in [-0.2, 0) is 0 Å². The van der Waals surface area contributed by atoms with Crippen molar-refractivity contribution in [2.45, 2.75) is 20.3 Å². The first kappa shape index (κ1) is 19.3. The molecule has 0 radical (unpaired) electrons. The zero-order valence-electron chi connectivity index (χ0n) is 16.6. The second-order valence-electron chi connectivity index (χ2n) is 6.78. The maximum atomic E-state index is 11.8. The smallest absolute Gasteiger partial charge is 0.205 e. The molecule has 0 spiro atoms. The van der Waals surface area contributed by atoms with Gasteiger partial charge in [0.15, 0.2) is 11.6 Å².